The van der Waals surface area contributed by atoms with Gasteiger partial charge in [0, 0.05) is 36.9 Å². The highest BCUT2D eigenvalue weighted by atomic mass is 19.1. The lowest BCUT2D eigenvalue weighted by Crippen LogP contribution is -2.59. The molecular formula is C33H32B2F2N6O2. The molecule has 0 bridgehead atoms. The zero-order valence-electron chi connectivity index (χ0n) is 25.9. The minimum Gasteiger partial charge on any atom is -0.347 e. The Labute approximate surface area is 263 Å². The number of hydrogen-bond donors (Lipinski definition) is 0. The SMILES string of the molecule is [B]C([B])=Cc1ccccc1-c1nc2c(cc1F)c(N1[C@@H](C)CN(C(=O)C(=C)F)C[C@@H]1C)nc(=O)n2-c1c(C)ccnc1C(C)C. The zero-order chi connectivity index (χ0) is 32.7. The number of anilines is 1. The van der Waals surface area contributed by atoms with Crippen molar-refractivity contribution in [3.05, 3.63) is 93.5 Å². The van der Waals surface area contributed by atoms with Crippen molar-refractivity contribution < 1.29 is 13.6 Å². The summed E-state index contributed by atoms with van der Waals surface area (Å²) >= 11 is 0. The van der Waals surface area contributed by atoms with Crippen LogP contribution in [0.1, 0.15) is 50.4 Å². The third kappa shape index (κ3) is 5.93. The summed E-state index contributed by atoms with van der Waals surface area (Å²) in [7, 11) is 11.5. The van der Waals surface area contributed by atoms with E-state index in [0.717, 1.165) is 5.56 Å². The van der Waals surface area contributed by atoms with Gasteiger partial charge >= 0.3 is 5.69 Å². The number of aromatic nitrogens is 4. The molecule has 2 atom stereocenters. The van der Waals surface area contributed by atoms with E-state index in [9.17, 15) is 14.0 Å². The van der Waals surface area contributed by atoms with Crippen molar-refractivity contribution in [3.8, 4) is 16.9 Å². The summed E-state index contributed by atoms with van der Waals surface area (Å²) in [4.78, 5) is 43.7. The second-order valence-corrected chi connectivity index (χ2v) is 11.7. The summed E-state index contributed by atoms with van der Waals surface area (Å²) in [6.45, 7) is 12.9. The summed E-state index contributed by atoms with van der Waals surface area (Å²) in [5, 5.41) is 0.324. The van der Waals surface area contributed by atoms with Gasteiger partial charge in [0.1, 0.15) is 17.3 Å². The Morgan fingerprint density at radius 1 is 1.11 bits per heavy atom. The second kappa shape index (κ2) is 12.4. The van der Waals surface area contributed by atoms with Crippen LogP contribution >= 0.6 is 0 Å². The van der Waals surface area contributed by atoms with E-state index >= 15 is 4.39 Å². The van der Waals surface area contributed by atoms with Crippen LogP contribution < -0.4 is 10.6 Å². The van der Waals surface area contributed by atoms with Gasteiger partial charge < -0.3 is 9.80 Å². The molecular weight excluding hydrogens is 572 g/mol. The topological polar surface area (TPSA) is 84.2 Å². The number of piperazine rings is 1. The number of rotatable bonds is 6. The fourth-order valence-corrected chi connectivity index (χ4v) is 6.07. The highest BCUT2D eigenvalue weighted by Gasteiger charge is 2.36. The molecule has 1 aliphatic heterocycles. The van der Waals surface area contributed by atoms with Crippen LogP contribution in [0, 0.1) is 12.7 Å². The summed E-state index contributed by atoms with van der Waals surface area (Å²) in [5.74, 6) is -2.34. The lowest BCUT2D eigenvalue weighted by molar-refractivity contribution is -0.129. The number of halogens is 2. The average Bonchev–Trinajstić information content (AvgIpc) is 2.96. The summed E-state index contributed by atoms with van der Waals surface area (Å²) in [6, 6.07) is 9.26. The van der Waals surface area contributed by atoms with Crippen LogP contribution in [0.15, 0.2) is 65.2 Å². The first-order valence-electron chi connectivity index (χ1n) is 14.6. The minimum absolute atomic E-state index is 0.00786. The van der Waals surface area contributed by atoms with E-state index in [0.29, 0.717) is 22.5 Å². The molecule has 1 saturated heterocycles. The lowest BCUT2D eigenvalue weighted by atomic mass is 9.77. The molecule has 4 radical (unpaired) electrons. The van der Waals surface area contributed by atoms with Crippen molar-refractivity contribution in [1.82, 2.24) is 24.4 Å². The Morgan fingerprint density at radius 3 is 2.40 bits per heavy atom. The third-order valence-corrected chi connectivity index (χ3v) is 7.95. The number of benzene rings is 1. The summed E-state index contributed by atoms with van der Waals surface area (Å²) in [6.07, 6.45) is 3.20. The zero-order valence-corrected chi connectivity index (χ0v) is 25.9. The number of pyridine rings is 2. The predicted molar refractivity (Wildman–Crippen MR) is 175 cm³/mol. The van der Waals surface area contributed by atoms with Crippen LogP contribution in [0.4, 0.5) is 14.6 Å². The molecule has 226 valence electrons. The number of nitrogens with zero attached hydrogens (tertiary/aromatic N) is 6. The maximum atomic E-state index is 16.2. The average molecular weight is 604 g/mol. The van der Waals surface area contributed by atoms with Gasteiger partial charge in [-0.05, 0) is 49.9 Å². The highest BCUT2D eigenvalue weighted by molar-refractivity contribution is 6.50. The number of hydrogen-bond acceptors (Lipinski definition) is 6. The first-order valence-corrected chi connectivity index (χ1v) is 14.6. The molecule has 45 heavy (non-hydrogen) atoms. The predicted octanol–water partition coefficient (Wildman–Crippen LogP) is 4.96. The third-order valence-electron chi connectivity index (χ3n) is 7.95. The maximum Gasteiger partial charge on any atom is 0.355 e. The first kappa shape index (κ1) is 31.8. The molecule has 0 N–H and O–H groups in total. The summed E-state index contributed by atoms with van der Waals surface area (Å²) in [5.41, 5.74) is 2.44. The molecule has 0 unspecified atom stereocenters. The monoisotopic (exact) mass is 604 g/mol. The quantitative estimate of drug-likeness (QED) is 0.229. The van der Waals surface area contributed by atoms with Gasteiger partial charge in [0.2, 0.25) is 0 Å². The largest absolute Gasteiger partial charge is 0.355 e. The molecule has 12 heteroatoms. The fraction of sp³-hybridized carbons (Fsp3) is 0.303. The van der Waals surface area contributed by atoms with Gasteiger partial charge in [0.25, 0.3) is 5.91 Å². The molecule has 1 aliphatic rings. The van der Waals surface area contributed by atoms with Crippen LogP contribution in [0.3, 0.4) is 0 Å². The van der Waals surface area contributed by atoms with E-state index in [2.05, 4.69) is 16.5 Å². The number of amides is 1. The van der Waals surface area contributed by atoms with E-state index in [1.165, 1.54) is 21.6 Å². The first-order chi connectivity index (χ1) is 21.3. The van der Waals surface area contributed by atoms with E-state index < -0.39 is 35.3 Å². The van der Waals surface area contributed by atoms with Crippen LogP contribution in [0.5, 0.6) is 0 Å². The molecule has 1 aromatic carbocycles. The van der Waals surface area contributed by atoms with Crippen molar-refractivity contribution in [3.63, 3.8) is 0 Å². The second-order valence-electron chi connectivity index (χ2n) is 11.7. The molecule has 3 aromatic heterocycles. The van der Waals surface area contributed by atoms with E-state index in [1.807, 2.05) is 39.5 Å². The fourth-order valence-electron chi connectivity index (χ4n) is 6.07. The van der Waals surface area contributed by atoms with Crippen LogP contribution in [-0.2, 0) is 4.79 Å². The van der Waals surface area contributed by atoms with Gasteiger partial charge in [-0.3, -0.25) is 9.78 Å². The number of carbonyl (C=O) groups excluding carboxylic acids is 1. The van der Waals surface area contributed by atoms with E-state index in [1.54, 1.807) is 36.5 Å². The van der Waals surface area contributed by atoms with E-state index in [-0.39, 0.29) is 46.9 Å². The molecule has 0 aliphatic carbocycles. The van der Waals surface area contributed by atoms with Gasteiger partial charge in [0.05, 0.1) is 32.5 Å². The maximum absolute atomic E-state index is 16.2. The molecule has 1 fully saturated rings. The normalized spacial score (nSPS) is 16.7. The Balaban J connectivity index is 1.84. The Hall–Kier alpha value is -4.60. The van der Waals surface area contributed by atoms with Crippen molar-refractivity contribution in [1.29, 1.82) is 0 Å². The van der Waals surface area contributed by atoms with Crippen LogP contribution in [0.25, 0.3) is 34.1 Å². The van der Waals surface area contributed by atoms with Gasteiger partial charge in [-0.1, -0.05) is 50.8 Å². The van der Waals surface area contributed by atoms with Crippen molar-refractivity contribution in [2.75, 3.05) is 18.0 Å². The minimum atomic E-state index is -1.05. The number of carbonyl (C=O) groups is 1. The van der Waals surface area contributed by atoms with Gasteiger partial charge in [-0.15, -0.1) is 0 Å². The lowest BCUT2D eigenvalue weighted by Gasteiger charge is -2.45. The van der Waals surface area contributed by atoms with Gasteiger partial charge in [-0.2, -0.15) is 10.4 Å². The molecule has 0 saturated carbocycles. The molecule has 4 aromatic rings. The van der Waals surface area contributed by atoms with Crippen molar-refractivity contribution >= 4 is 44.5 Å². The summed E-state index contributed by atoms with van der Waals surface area (Å²) < 4.78 is 31.4. The molecule has 5 rings (SSSR count). The highest BCUT2D eigenvalue weighted by Crippen LogP contribution is 2.35. The molecule has 1 amide bonds. The number of fused-ring (bicyclic) bond motifs is 1. The van der Waals surface area contributed by atoms with Crippen LogP contribution in [0.2, 0.25) is 0 Å². The van der Waals surface area contributed by atoms with E-state index in [4.69, 9.17) is 20.7 Å². The smallest absolute Gasteiger partial charge is 0.347 e. The molecule has 4 heterocycles. The Bertz CT molecular complexity index is 1910. The van der Waals surface area contributed by atoms with Crippen LogP contribution in [-0.4, -0.2) is 71.2 Å². The number of aryl methyl sites for hydroxylation is 1. The molecule has 0 spiro atoms. The Morgan fingerprint density at radius 2 is 1.78 bits per heavy atom. The van der Waals surface area contributed by atoms with Gasteiger partial charge in [0.15, 0.2) is 11.5 Å². The standard InChI is InChI=1S/C33H32B2F2N6O2/c1-17(2)27-29(18(3)11-12-38-27)43-30-24(14-25(37)28(39-30)23-10-8-7-9-22(23)13-26(34)35)31(40-33(43)45)42-19(4)15-41(16-20(42)5)32(44)21(6)36/h7-14,17,19-20H,6,15-16H2,1-5H3/t19-,20-/m0/s1. The van der Waals surface area contributed by atoms with Gasteiger partial charge in [-0.25, -0.2) is 23.1 Å². The molecule has 8 nitrogen and oxygen atoms in total. The van der Waals surface area contributed by atoms with Crippen molar-refractivity contribution in [2.24, 2.45) is 0 Å². The Kier molecular flexibility index (Phi) is 8.78. The van der Waals surface area contributed by atoms with Crippen molar-refractivity contribution in [2.45, 2.75) is 52.6 Å².